The molecule has 1 N–H and O–H groups in total. The van der Waals surface area contributed by atoms with Gasteiger partial charge in [-0.25, -0.2) is 4.98 Å². The Morgan fingerprint density at radius 3 is 2.05 bits per heavy atom. The van der Waals surface area contributed by atoms with Crippen LogP contribution in [0.25, 0.3) is 6.08 Å². The minimum absolute atomic E-state index is 0.377. The van der Waals surface area contributed by atoms with E-state index < -0.39 is 0 Å². The van der Waals surface area contributed by atoms with E-state index in [1.54, 1.807) is 6.33 Å². The lowest BCUT2D eigenvalue weighted by molar-refractivity contribution is 0.831. The molecule has 0 aliphatic heterocycles. The molecule has 2 nitrogen and oxygen atoms in total. The topological polar surface area (TPSA) is 28.7 Å². The van der Waals surface area contributed by atoms with Crippen LogP contribution in [0.3, 0.4) is 0 Å². The molecule has 21 heavy (non-hydrogen) atoms. The number of H-pyrrole nitrogens is 1. The Kier molecular flexibility index (Phi) is 4.27. The molecule has 0 atom stereocenters. The molecule has 0 saturated carbocycles. The third kappa shape index (κ3) is 3.48. The molecule has 0 radical (unpaired) electrons. The zero-order valence-electron chi connectivity index (χ0n) is 11.8. The first-order valence-corrected chi connectivity index (χ1v) is 7.19. The molecule has 2 aromatic carbocycles. The Morgan fingerprint density at radius 1 is 0.905 bits per heavy atom. The van der Waals surface area contributed by atoms with Crippen LogP contribution < -0.4 is 0 Å². The van der Waals surface area contributed by atoms with E-state index in [2.05, 4.69) is 82.8 Å². The van der Waals surface area contributed by atoms with Crippen molar-refractivity contribution >= 4 is 6.08 Å². The van der Waals surface area contributed by atoms with Crippen molar-refractivity contribution < 1.29 is 0 Å². The maximum atomic E-state index is 4.22. The minimum Gasteiger partial charge on any atom is -0.351 e. The van der Waals surface area contributed by atoms with Crippen molar-refractivity contribution in [1.29, 1.82) is 0 Å². The van der Waals surface area contributed by atoms with E-state index in [1.165, 1.54) is 11.1 Å². The van der Waals surface area contributed by atoms with Gasteiger partial charge in [0.2, 0.25) is 0 Å². The highest BCUT2D eigenvalue weighted by molar-refractivity contribution is 5.44. The molecule has 2 heteroatoms. The number of hydrogen-bond donors (Lipinski definition) is 1. The predicted octanol–water partition coefficient (Wildman–Crippen LogP) is 4.65. The lowest BCUT2D eigenvalue weighted by Crippen LogP contribution is -1.99. The van der Waals surface area contributed by atoms with E-state index in [0.29, 0.717) is 5.92 Å². The van der Waals surface area contributed by atoms with Crippen molar-refractivity contribution in [2.75, 3.05) is 0 Å². The Balaban J connectivity index is 1.83. The van der Waals surface area contributed by atoms with Gasteiger partial charge in [0.25, 0.3) is 0 Å². The molecular weight excluding hydrogens is 256 g/mol. The fourth-order valence-corrected chi connectivity index (χ4v) is 2.52. The molecular formula is C19H18N2. The lowest BCUT2D eigenvalue weighted by atomic mass is 9.88. The summed E-state index contributed by atoms with van der Waals surface area (Å²) in [7, 11) is 0. The summed E-state index contributed by atoms with van der Waals surface area (Å²) in [5, 5.41) is 0. The van der Waals surface area contributed by atoms with Gasteiger partial charge >= 0.3 is 0 Å². The number of benzene rings is 2. The van der Waals surface area contributed by atoms with Gasteiger partial charge in [-0.1, -0.05) is 66.7 Å². The molecule has 1 aromatic heterocycles. The number of nitrogens with zero attached hydrogens (tertiary/aromatic N) is 1. The zero-order valence-corrected chi connectivity index (χ0v) is 11.8. The SMILES string of the molecule is C(=C\c1c[nH]cn1)/CC(c1ccccc1)c1ccccc1. The van der Waals surface area contributed by atoms with E-state index in [-0.39, 0.29) is 0 Å². The van der Waals surface area contributed by atoms with Crippen LogP contribution in [-0.2, 0) is 0 Å². The van der Waals surface area contributed by atoms with Crippen molar-refractivity contribution in [3.05, 3.63) is 96.1 Å². The molecule has 104 valence electrons. The van der Waals surface area contributed by atoms with Crippen LogP contribution in [0.2, 0.25) is 0 Å². The van der Waals surface area contributed by atoms with E-state index >= 15 is 0 Å². The first-order valence-electron chi connectivity index (χ1n) is 7.19. The Labute approximate surface area is 125 Å². The molecule has 3 rings (SSSR count). The van der Waals surface area contributed by atoms with Gasteiger partial charge in [-0.05, 0) is 23.6 Å². The largest absolute Gasteiger partial charge is 0.351 e. The molecule has 0 spiro atoms. The zero-order chi connectivity index (χ0) is 14.3. The van der Waals surface area contributed by atoms with Gasteiger partial charge in [0.1, 0.15) is 0 Å². The van der Waals surface area contributed by atoms with E-state index in [4.69, 9.17) is 0 Å². The van der Waals surface area contributed by atoms with Crippen molar-refractivity contribution in [3.63, 3.8) is 0 Å². The number of rotatable bonds is 5. The molecule has 3 aromatic rings. The number of allylic oxidation sites excluding steroid dienone is 1. The second-order valence-corrected chi connectivity index (χ2v) is 5.01. The van der Waals surface area contributed by atoms with Crippen molar-refractivity contribution in [2.45, 2.75) is 12.3 Å². The van der Waals surface area contributed by atoms with Crippen molar-refractivity contribution in [1.82, 2.24) is 9.97 Å². The van der Waals surface area contributed by atoms with Crippen LogP contribution >= 0.6 is 0 Å². The fraction of sp³-hybridized carbons (Fsp3) is 0.105. The summed E-state index contributed by atoms with van der Waals surface area (Å²) in [4.78, 5) is 7.19. The molecule has 0 amide bonds. The Hall–Kier alpha value is -2.61. The number of nitrogens with one attached hydrogen (secondary N) is 1. The van der Waals surface area contributed by atoms with Crippen molar-refractivity contribution in [2.24, 2.45) is 0 Å². The smallest absolute Gasteiger partial charge is 0.0927 e. The van der Waals surface area contributed by atoms with E-state index in [0.717, 1.165) is 12.1 Å². The predicted molar refractivity (Wildman–Crippen MR) is 87.0 cm³/mol. The van der Waals surface area contributed by atoms with Crippen LogP contribution in [0.5, 0.6) is 0 Å². The first-order chi connectivity index (χ1) is 10.4. The maximum Gasteiger partial charge on any atom is 0.0927 e. The minimum atomic E-state index is 0.377. The van der Waals surface area contributed by atoms with Gasteiger partial charge in [0.05, 0.1) is 12.0 Å². The number of hydrogen-bond acceptors (Lipinski definition) is 1. The highest BCUT2D eigenvalue weighted by Crippen LogP contribution is 2.28. The Bertz CT molecular complexity index is 631. The summed E-state index contributed by atoms with van der Waals surface area (Å²) >= 11 is 0. The van der Waals surface area contributed by atoms with Crippen LogP contribution in [0, 0.1) is 0 Å². The van der Waals surface area contributed by atoms with Gasteiger partial charge in [0.15, 0.2) is 0 Å². The highest BCUT2D eigenvalue weighted by atomic mass is 14.8. The number of aromatic nitrogens is 2. The number of aromatic amines is 1. The summed E-state index contributed by atoms with van der Waals surface area (Å²) in [5.41, 5.74) is 3.65. The summed E-state index contributed by atoms with van der Waals surface area (Å²) in [6.45, 7) is 0. The average Bonchev–Trinajstić information content (AvgIpc) is 3.07. The summed E-state index contributed by atoms with van der Waals surface area (Å²) in [6.07, 6.45) is 8.82. The van der Waals surface area contributed by atoms with E-state index in [1.807, 2.05) is 6.20 Å². The monoisotopic (exact) mass is 274 g/mol. The van der Waals surface area contributed by atoms with Gasteiger partial charge in [-0.3, -0.25) is 0 Å². The quantitative estimate of drug-likeness (QED) is 0.721. The van der Waals surface area contributed by atoms with Crippen LogP contribution in [-0.4, -0.2) is 9.97 Å². The molecule has 0 fully saturated rings. The van der Waals surface area contributed by atoms with Gasteiger partial charge in [-0.2, -0.15) is 0 Å². The Morgan fingerprint density at radius 2 is 1.52 bits per heavy atom. The van der Waals surface area contributed by atoms with Crippen LogP contribution in [0.4, 0.5) is 0 Å². The lowest BCUT2D eigenvalue weighted by Gasteiger charge is -2.16. The van der Waals surface area contributed by atoms with Crippen molar-refractivity contribution in [3.8, 4) is 0 Å². The third-order valence-electron chi connectivity index (χ3n) is 3.58. The first kappa shape index (κ1) is 13.4. The molecule has 1 heterocycles. The molecule has 0 unspecified atom stereocenters. The molecule has 0 saturated heterocycles. The van der Waals surface area contributed by atoms with Gasteiger partial charge in [-0.15, -0.1) is 0 Å². The molecule has 0 bridgehead atoms. The fourth-order valence-electron chi connectivity index (χ4n) is 2.52. The average molecular weight is 274 g/mol. The normalized spacial score (nSPS) is 11.3. The van der Waals surface area contributed by atoms with Gasteiger partial charge < -0.3 is 4.98 Å². The van der Waals surface area contributed by atoms with Gasteiger partial charge in [0, 0.05) is 12.1 Å². The molecule has 0 aliphatic carbocycles. The van der Waals surface area contributed by atoms with Crippen LogP contribution in [0.15, 0.2) is 79.3 Å². The summed E-state index contributed by atoms with van der Waals surface area (Å²) in [6, 6.07) is 21.3. The molecule has 0 aliphatic rings. The second-order valence-electron chi connectivity index (χ2n) is 5.01. The standard InChI is InChI=1S/C19H18N2/c1-3-8-16(9-4-1)19(17-10-5-2-6-11-17)13-7-12-18-14-20-15-21-18/h1-12,14-15,19H,13H2,(H,20,21)/b12-7+. The maximum absolute atomic E-state index is 4.22. The second kappa shape index (κ2) is 6.71. The van der Waals surface area contributed by atoms with Crippen LogP contribution in [0.1, 0.15) is 29.2 Å². The summed E-state index contributed by atoms with van der Waals surface area (Å²) < 4.78 is 0. The third-order valence-corrected chi connectivity index (χ3v) is 3.58. The van der Waals surface area contributed by atoms with E-state index in [9.17, 15) is 0 Å². The summed E-state index contributed by atoms with van der Waals surface area (Å²) in [5.74, 6) is 0.377. The highest BCUT2D eigenvalue weighted by Gasteiger charge is 2.11. The number of imidazole rings is 1.